The Hall–Kier alpha value is -1.33. The Morgan fingerprint density at radius 2 is 1.89 bits per heavy atom. The van der Waals surface area contributed by atoms with E-state index in [-0.39, 0.29) is 11.4 Å². The molecule has 1 N–H and O–H groups in total. The van der Waals surface area contributed by atoms with Gasteiger partial charge in [0.15, 0.2) is 0 Å². The van der Waals surface area contributed by atoms with Crippen LogP contribution in [0, 0.1) is 5.82 Å². The van der Waals surface area contributed by atoms with Gasteiger partial charge in [-0.25, -0.2) is 4.39 Å². The van der Waals surface area contributed by atoms with Crippen LogP contribution < -0.4 is 5.32 Å². The summed E-state index contributed by atoms with van der Waals surface area (Å²) in [5, 5.41) is 7.52. The van der Waals surface area contributed by atoms with Crippen molar-refractivity contribution >= 4 is 11.5 Å². The van der Waals surface area contributed by atoms with Gasteiger partial charge < -0.3 is 5.32 Å². The van der Waals surface area contributed by atoms with E-state index < -0.39 is 0 Å². The highest BCUT2D eigenvalue weighted by molar-refractivity contribution is 7.05. The summed E-state index contributed by atoms with van der Waals surface area (Å²) >= 11 is 1.37. The number of hydrogen-bond donors (Lipinski definition) is 1. The van der Waals surface area contributed by atoms with Gasteiger partial charge in [0.2, 0.25) is 0 Å². The fraction of sp³-hybridized carbons (Fsp3) is 0.385. The molecule has 0 atom stereocenters. The summed E-state index contributed by atoms with van der Waals surface area (Å²) in [7, 11) is 0. The summed E-state index contributed by atoms with van der Waals surface area (Å²) in [5.41, 5.74) is 1.77. The highest BCUT2D eigenvalue weighted by Gasteiger charge is 2.14. The van der Waals surface area contributed by atoms with E-state index in [0.29, 0.717) is 6.54 Å². The van der Waals surface area contributed by atoms with Crippen molar-refractivity contribution in [2.75, 3.05) is 0 Å². The van der Waals surface area contributed by atoms with Crippen molar-refractivity contribution in [2.45, 2.75) is 32.9 Å². The van der Waals surface area contributed by atoms with Gasteiger partial charge in [-0.2, -0.15) is 0 Å². The van der Waals surface area contributed by atoms with E-state index in [0.717, 1.165) is 16.1 Å². The van der Waals surface area contributed by atoms with Crippen LogP contribution in [-0.4, -0.2) is 15.1 Å². The lowest BCUT2D eigenvalue weighted by Gasteiger charge is -2.19. The lowest BCUT2D eigenvalue weighted by Crippen LogP contribution is -2.34. The summed E-state index contributed by atoms with van der Waals surface area (Å²) in [6.07, 6.45) is 0. The monoisotopic (exact) mass is 265 g/mol. The number of nitrogens with one attached hydrogen (secondary N) is 1. The second-order valence-corrected chi connectivity index (χ2v) is 5.99. The number of aromatic nitrogens is 2. The van der Waals surface area contributed by atoms with Crippen molar-refractivity contribution < 1.29 is 4.39 Å². The van der Waals surface area contributed by atoms with Crippen molar-refractivity contribution in [1.29, 1.82) is 0 Å². The maximum absolute atomic E-state index is 12.9. The van der Waals surface area contributed by atoms with Crippen molar-refractivity contribution in [3.05, 3.63) is 35.0 Å². The molecule has 1 aromatic heterocycles. The summed E-state index contributed by atoms with van der Waals surface area (Å²) in [4.78, 5) is 1.07. The van der Waals surface area contributed by atoms with Crippen molar-refractivity contribution in [3.8, 4) is 11.3 Å². The predicted octanol–water partition coefficient (Wildman–Crippen LogP) is 3.23. The molecule has 0 aliphatic carbocycles. The Balaban J connectivity index is 2.20. The van der Waals surface area contributed by atoms with Crippen molar-refractivity contribution in [1.82, 2.24) is 14.9 Å². The van der Waals surface area contributed by atoms with Crippen molar-refractivity contribution in [3.63, 3.8) is 0 Å². The molecule has 18 heavy (non-hydrogen) atoms. The molecule has 0 bridgehead atoms. The number of nitrogens with zero attached hydrogens (tertiary/aromatic N) is 2. The van der Waals surface area contributed by atoms with Crippen LogP contribution in [0.15, 0.2) is 24.3 Å². The van der Waals surface area contributed by atoms with Crippen LogP contribution in [0.2, 0.25) is 0 Å². The molecular weight excluding hydrogens is 249 g/mol. The molecule has 0 unspecified atom stereocenters. The minimum atomic E-state index is -0.240. The summed E-state index contributed by atoms with van der Waals surface area (Å²) < 4.78 is 16.9. The Labute approximate surface area is 110 Å². The normalized spacial score (nSPS) is 11.8. The Kier molecular flexibility index (Phi) is 3.73. The van der Waals surface area contributed by atoms with E-state index in [1.165, 1.54) is 23.7 Å². The number of rotatable bonds is 3. The van der Waals surface area contributed by atoms with Crippen LogP contribution in [0.3, 0.4) is 0 Å². The maximum Gasteiger partial charge on any atom is 0.123 e. The van der Waals surface area contributed by atoms with Crippen LogP contribution in [0.1, 0.15) is 25.6 Å². The third-order valence-electron chi connectivity index (χ3n) is 2.45. The SMILES string of the molecule is CC(C)(C)NCc1snnc1-c1ccc(F)cc1. The molecule has 1 heterocycles. The summed E-state index contributed by atoms with van der Waals surface area (Å²) in [6, 6.07) is 6.34. The van der Waals surface area contributed by atoms with Gasteiger partial charge in [-0.05, 0) is 56.6 Å². The largest absolute Gasteiger partial charge is 0.307 e. The zero-order valence-corrected chi connectivity index (χ0v) is 11.5. The molecule has 2 aromatic rings. The molecule has 0 aliphatic rings. The molecule has 0 spiro atoms. The van der Waals surface area contributed by atoms with Crippen LogP contribution in [-0.2, 0) is 6.54 Å². The molecular formula is C13H16FN3S. The zero-order valence-electron chi connectivity index (χ0n) is 10.7. The van der Waals surface area contributed by atoms with Crippen molar-refractivity contribution in [2.24, 2.45) is 0 Å². The van der Waals surface area contributed by atoms with E-state index in [1.54, 1.807) is 12.1 Å². The fourth-order valence-electron chi connectivity index (χ4n) is 1.50. The molecule has 0 radical (unpaired) electrons. The maximum atomic E-state index is 12.9. The van der Waals surface area contributed by atoms with Crippen LogP contribution >= 0.6 is 11.5 Å². The molecule has 1 aromatic carbocycles. The van der Waals surface area contributed by atoms with Crippen LogP contribution in [0.25, 0.3) is 11.3 Å². The minimum Gasteiger partial charge on any atom is -0.307 e. The first-order valence-electron chi connectivity index (χ1n) is 5.78. The van der Waals surface area contributed by atoms with E-state index in [4.69, 9.17) is 0 Å². The first kappa shape index (κ1) is 13.1. The molecule has 0 aliphatic heterocycles. The summed E-state index contributed by atoms with van der Waals surface area (Å²) in [6.45, 7) is 7.05. The first-order chi connectivity index (χ1) is 8.46. The van der Waals surface area contributed by atoms with Gasteiger partial charge in [0.25, 0.3) is 0 Å². The predicted molar refractivity (Wildman–Crippen MR) is 71.9 cm³/mol. The van der Waals surface area contributed by atoms with Gasteiger partial charge in [0, 0.05) is 17.6 Å². The molecule has 96 valence electrons. The average Bonchev–Trinajstić information content (AvgIpc) is 2.75. The quantitative estimate of drug-likeness (QED) is 0.926. The Morgan fingerprint density at radius 1 is 1.22 bits per heavy atom. The van der Waals surface area contributed by atoms with Gasteiger partial charge in [-0.3, -0.25) is 0 Å². The van der Waals surface area contributed by atoms with Crippen LogP contribution in [0.5, 0.6) is 0 Å². The second-order valence-electron chi connectivity index (χ2n) is 5.16. The lowest BCUT2D eigenvalue weighted by molar-refractivity contribution is 0.426. The molecule has 0 fully saturated rings. The minimum absolute atomic E-state index is 0.0457. The molecule has 2 rings (SSSR count). The molecule has 0 saturated heterocycles. The number of benzene rings is 1. The van der Waals surface area contributed by atoms with E-state index in [9.17, 15) is 4.39 Å². The zero-order chi connectivity index (χ0) is 13.2. The topological polar surface area (TPSA) is 37.8 Å². The van der Waals surface area contributed by atoms with Gasteiger partial charge in [-0.15, -0.1) is 5.10 Å². The highest BCUT2D eigenvalue weighted by Crippen LogP contribution is 2.24. The van der Waals surface area contributed by atoms with E-state index >= 15 is 0 Å². The van der Waals surface area contributed by atoms with Gasteiger partial charge in [0.05, 0.1) is 4.88 Å². The van der Waals surface area contributed by atoms with Gasteiger partial charge in [-0.1, -0.05) is 4.49 Å². The highest BCUT2D eigenvalue weighted by atomic mass is 32.1. The third-order valence-corrected chi connectivity index (χ3v) is 3.17. The molecule has 5 heteroatoms. The van der Waals surface area contributed by atoms with Gasteiger partial charge >= 0.3 is 0 Å². The van der Waals surface area contributed by atoms with E-state index in [1.807, 2.05) is 0 Å². The lowest BCUT2D eigenvalue weighted by atomic mass is 10.1. The second kappa shape index (κ2) is 5.12. The van der Waals surface area contributed by atoms with E-state index in [2.05, 4.69) is 35.7 Å². The standard InChI is InChI=1S/C13H16FN3S/c1-13(2,3)15-8-11-12(16-17-18-11)9-4-6-10(14)7-5-9/h4-7,15H,8H2,1-3H3. The number of halogens is 1. The molecule has 0 amide bonds. The van der Waals surface area contributed by atoms with Crippen LogP contribution in [0.4, 0.5) is 4.39 Å². The fourth-order valence-corrected chi connectivity index (χ4v) is 2.10. The summed E-state index contributed by atoms with van der Waals surface area (Å²) in [5.74, 6) is -0.240. The first-order valence-corrected chi connectivity index (χ1v) is 6.55. The molecule has 0 saturated carbocycles. The third kappa shape index (κ3) is 3.34. The Morgan fingerprint density at radius 3 is 2.50 bits per heavy atom. The van der Waals surface area contributed by atoms with Gasteiger partial charge in [0.1, 0.15) is 11.5 Å². The Bertz CT molecular complexity index is 514. The smallest absolute Gasteiger partial charge is 0.123 e. The molecule has 3 nitrogen and oxygen atoms in total. The average molecular weight is 265 g/mol. The number of hydrogen-bond acceptors (Lipinski definition) is 4.